The maximum absolute atomic E-state index is 12.3. The monoisotopic (exact) mass is 388 g/mol. The van der Waals surface area contributed by atoms with Gasteiger partial charge in [-0.25, -0.2) is 4.79 Å². The van der Waals surface area contributed by atoms with Crippen LogP contribution in [0, 0.1) is 0 Å². The van der Waals surface area contributed by atoms with Crippen LogP contribution in [0.4, 0.5) is 0 Å². The SMILES string of the molecule is C=Cc1ccc(Cn2c(C(=O)O)c(CNC3CCCCC3)c3ccccc32)cc1. The zero-order valence-corrected chi connectivity index (χ0v) is 16.7. The number of aromatic carboxylic acids is 1. The number of carbonyl (C=O) groups is 1. The van der Waals surface area contributed by atoms with Crippen LogP contribution in [0.3, 0.4) is 0 Å². The van der Waals surface area contributed by atoms with Crippen LogP contribution in [0.15, 0.2) is 55.1 Å². The summed E-state index contributed by atoms with van der Waals surface area (Å²) < 4.78 is 1.94. The molecule has 1 fully saturated rings. The first kappa shape index (κ1) is 19.5. The predicted octanol–water partition coefficient (Wildman–Crippen LogP) is 5.45. The summed E-state index contributed by atoms with van der Waals surface area (Å²) in [6, 6.07) is 16.6. The molecule has 0 spiro atoms. The van der Waals surface area contributed by atoms with Gasteiger partial charge in [0.15, 0.2) is 0 Å². The lowest BCUT2D eigenvalue weighted by molar-refractivity contribution is 0.0684. The number of benzene rings is 2. The average Bonchev–Trinajstić information content (AvgIpc) is 3.07. The highest BCUT2D eigenvalue weighted by Gasteiger charge is 2.23. The Labute approximate surface area is 171 Å². The summed E-state index contributed by atoms with van der Waals surface area (Å²) in [5.74, 6) is -0.871. The number of hydrogen-bond acceptors (Lipinski definition) is 2. The van der Waals surface area contributed by atoms with Gasteiger partial charge in [0, 0.05) is 35.6 Å². The molecular weight excluding hydrogens is 360 g/mol. The van der Waals surface area contributed by atoms with Gasteiger partial charge >= 0.3 is 5.97 Å². The summed E-state index contributed by atoms with van der Waals surface area (Å²) in [5, 5.41) is 14.7. The van der Waals surface area contributed by atoms with E-state index in [0.29, 0.717) is 24.8 Å². The minimum absolute atomic E-state index is 0.391. The van der Waals surface area contributed by atoms with E-state index in [2.05, 4.69) is 11.9 Å². The topological polar surface area (TPSA) is 54.3 Å². The molecule has 1 aliphatic carbocycles. The second-order valence-electron chi connectivity index (χ2n) is 7.90. The minimum atomic E-state index is -0.871. The standard InChI is InChI=1S/C25H28N2O2/c1-2-18-12-14-19(15-13-18)17-27-23-11-7-6-10-21(23)22(24(27)25(28)29)16-26-20-8-4-3-5-9-20/h2,6-7,10-15,20,26H,1,3-5,8-9,16-17H2,(H,28,29). The summed E-state index contributed by atoms with van der Waals surface area (Å²) in [4.78, 5) is 12.3. The van der Waals surface area contributed by atoms with Gasteiger partial charge in [-0.2, -0.15) is 0 Å². The van der Waals surface area contributed by atoms with Gasteiger partial charge in [0.05, 0.1) is 0 Å². The Morgan fingerprint density at radius 1 is 1.10 bits per heavy atom. The van der Waals surface area contributed by atoms with E-state index in [4.69, 9.17) is 0 Å². The second-order valence-corrected chi connectivity index (χ2v) is 7.90. The Morgan fingerprint density at radius 3 is 2.52 bits per heavy atom. The maximum Gasteiger partial charge on any atom is 0.352 e. The van der Waals surface area contributed by atoms with Crippen LogP contribution in [-0.2, 0) is 13.1 Å². The number of nitrogens with one attached hydrogen (secondary N) is 1. The van der Waals surface area contributed by atoms with Crippen molar-refractivity contribution in [3.8, 4) is 0 Å². The minimum Gasteiger partial charge on any atom is -0.477 e. The van der Waals surface area contributed by atoms with E-state index in [1.54, 1.807) is 0 Å². The number of rotatable bonds is 7. The van der Waals surface area contributed by atoms with Crippen LogP contribution in [0.1, 0.15) is 59.3 Å². The molecule has 29 heavy (non-hydrogen) atoms. The zero-order chi connectivity index (χ0) is 20.2. The Morgan fingerprint density at radius 2 is 1.83 bits per heavy atom. The van der Waals surface area contributed by atoms with Crippen molar-refractivity contribution in [1.82, 2.24) is 9.88 Å². The van der Waals surface area contributed by atoms with Crippen molar-refractivity contribution in [2.75, 3.05) is 0 Å². The van der Waals surface area contributed by atoms with Gasteiger partial charge < -0.3 is 15.0 Å². The molecule has 1 heterocycles. The molecule has 2 N–H and O–H groups in total. The van der Waals surface area contributed by atoms with Gasteiger partial charge in [-0.15, -0.1) is 0 Å². The lowest BCUT2D eigenvalue weighted by Crippen LogP contribution is -2.31. The number of para-hydroxylation sites is 1. The molecule has 0 aliphatic heterocycles. The molecule has 2 aromatic carbocycles. The van der Waals surface area contributed by atoms with E-state index >= 15 is 0 Å². The van der Waals surface area contributed by atoms with Crippen molar-refractivity contribution in [3.63, 3.8) is 0 Å². The van der Waals surface area contributed by atoms with Crippen LogP contribution in [0.25, 0.3) is 17.0 Å². The van der Waals surface area contributed by atoms with Crippen molar-refractivity contribution in [2.24, 2.45) is 0 Å². The smallest absolute Gasteiger partial charge is 0.352 e. The highest BCUT2D eigenvalue weighted by molar-refractivity contribution is 5.98. The first-order chi connectivity index (χ1) is 14.2. The quantitative estimate of drug-likeness (QED) is 0.566. The lowest BCUT2D eigenvalue weighted by Gasteiger charge is -2.23. The Hall–Kier alpha value is -2.85. The molecule has 1 saturated carbocycles. The lowest BCUT2D eigenvalue weighted by atomic mass is 9.95. The molecule has 0 unspecified atom stereocenters. The fraction of sp³-hybridized carbons (Fsp3) is 0.320. The summed E-state index contributed by atoms with van der Waals surface area (Å²) in [7, 11) is 0. The van der Waals surface area contributed by atoms with Crippen LogP contribution in [0.2, 0.25) is 0 Å². The van der Waals surface area contributed by atoms with E-state index in [1.807, 2.05) is 59.2 Å². The zero-order valence-electron chi connectivity index (χ0n) is 16.7. The second kappa shape index (κ2) is 8.66. The molecule has 0 radical (unpaired) electrons. The van der Waals surface area contributed by atoms with E-state index < -0.39 is 5.97 Å². The van der Waals surface area contributed by atoms with Gasteiger partial charge in [-0.3, -0.25) is 0 Å². The van der Waals surface area contributed by atoms with Gasteiger partial charge in [-0.1, -0.05) is 74.4 Å². The molecule has 0 amide bonds. The third kappa shape index (κ3) is 4.13. The first-order valence-corrected chi connectivity index (χ1v) is 10.5. The highest BCUT2D eigenvalue weighted by atomic mass is 16.4. The van der Waals surface area contributed by atoms with E-state index in [-0.39, 0.29) is 0 Å². The first-order valence-electron chi connectivity index (χ1n) is 10.5. The van der Waals surface area contributed by atoms with Crippen molar-refractivity contribution in [3.05, 3.63) is 77.5 Å². The number of nitrogens with zero attached hydrogens (tertiary/aromatic N) is 1. The van der Waals surface area contributed by atoms with Crippen molar-refractivity contribution < 1.29 is 9.90 Å². The Kier molecular flexibility index (Phi) is 5.81. The predicted molar refractivity (Wildman–Crippen MR) is 118 cm³/mol. The summed E-state index contributed by atoms with van der Waals surface area (Å²) in [6.45, 7) is 4.92. The normalized spacial score (nSPS) is 14.9. The van der Waals surface area contributed by atoms with Crippen LogP contribution in [-0.4, -0.2) is 21.7 Å². The molecule has 0 saturated heterocycles. The fourth-order valence-electron chi connectivity index (χ4n) is 4.46. The van der Waals surface area contributed by atoms with E-state index in [1.165, 1.54) is 32.1 Å². The van der Waals surface area contributed by atoms with Gasteiger partial charge in [0.2, 0.25) is 0 Å². The fourth-order valence-corrected chi connectivity index (χ4v) is 4.46. The maximum atomic E-state index is 12.3. The van der Waals surface area contributed by atoms with Crippen LogP contribution < -0.4 is 5.32 Å². The molecule has 4 heteroatoms. The highest BCUT2D eigenvalue weighted by Crippen LogP contribution is 2.28. The molecular formula is C25H28N2O2. The van der Waals surface area contributed by atoms with Crippen molar-refractivity contribution >= 4 is 22.9 Å². The van der Waals surface area contributed by atoms with Gasteiger partial charge in [-0.05, 0) is 30.0 Å². The number of fused-ring (bicyclic) bond motifs is 1. The van der Waals surface area contributed by atoms with Gasteiger partial charge in [0.1, 0.15) is 5.69 Å². The summed E-state index contributed by atoms with van der Waals surface area (Å²) in [6.07, 6.45) is 7.99. The molecule has 0 bridgehead atoms. The van der Waals surface area contributed by atoms with Crippen LogP contribution >= 0.6 is 0 Å². The molecule has 4 nitrogen and oxygen atoms in total. The molecule has 3 aromatic rings. The number of aromatic nitrogens is 1. The summed E-state index contributed by atoms with van der Waals surface area (Å²) >= 11 is 0. The third-order valence-corrected chi connectivity index (χ3v) is 6.01. The van der Waals surface area contributed by atoms with Crippen LogP contribution in [0.5, 0.6) is 0 Å². The average molecular weight is 389 g/mol. The summed E-state index contributed by atoms with van der Waals surface area (Å²) in [5.41, 5.74) is 4.38. The number of hydrogen-bond donors (Lipinski definition) is 2. The molecule has 150 valence electrons. The molecule has 0 atom stereocenters. The van der Waals surface area contributed by atoms with Gasteiger partial charge in [0.25, 0.3) is 0 Å². The molecule has 1 aliphatic rings. The third-order valence-electron chi connectivity index (χ3n) is 6.01. The molecule has 1 aromatic heterocycles. The largest absolute Gasteiger partial charge is 0.477 e. The Balaban J connectivity index is 1.71. The van der Waals surface area contributed by atoms with E-state index in [0.717, 1.165) is 27.6 Å². The number of carboxylic acid groups (broad SMARTS) is 1. The Bertz CT molecular complexity index is 1010. The number of carboxylic acids is 1. The molecule has 4 rings (SSSR count). The van der Waals surface area contributed by atoms with Crippen molar-refractivity contribution in [1.29, 1.82) is 0 Å². The van der Waals surface area contributed by atoms with Crippen molar-refractivity contribution in [2.45, 2.75) is 51.2 Å². The van der Waals surface area contributed by atoms with E-state index in [9.17, 15) is 9.90 Å².